The Bertz CT molecular complexity index is 899. The Hall–Kier alpha value is -3.24. The predicted octanol–water partition coefficient (Wildman–Crippen LogP) is 4.28. The first-order valence-corrected chi connectivity index (χ1v) is 8.17. The fraction of sp³-hybridized carbons (Fsp3) is 0.0909. The van der Waals surface area contributed by atoms with Crippen LogP contribution in [0.1, 0.15) is 31.8 Å². The summed E-state index contributed by atoms with van der Waals surface area (Å²) in [5, 5.41) is 0. The SMILES string of the molecule is COCc1cccc(C(=O)Oc2ccc(C(=O)c3ccccc3)cc2)c1. The predicted molar refractivity (Wildman–Crippen MR) is 98.4 cm³/mol. The Morgan fingerprint density at radius 3 is 2.12 bits per heavy atom. The van der Waals surface area contributed by atoms with Crippen molar-refractivity contribution in [3.63, 3.8) is 0 Å². The van der Waals surface area contributed by atoms with Crippen molar-refractivity contribution in [3.8, 4) is 5.75 Å². The number of hydrogen-bond donors (Lipinski definition) is 0. The van der Waals surface area contributed by atoms with Crippen LogP contribution in [0.2, 0.25) is 0 Å². The number of carbonyl (C=O) groups is 2. The van der Waals surface area contributed by atoms with E-state index >= 15 is 0 Å². The van der Waals surface area contributed by atoms with Crippen molar-refractivity contribution in [1.29, 1.82) is 0 Å². The standard InChI is InChI=1S/C22H18O4/c1-25-15-16-6-5-9-19(14-16)22(24)26-20-12-10-18(11-13-20)21(23)17-7-3-2-4-8-17/h2-14H,15H2,1H3. The molecule has 0 saturated heterocycles. The summed E-state index contributed by atoms with van der Waals surface area (Å²) in [5.74, 6) is -0.141. The molecule has 3 rings (SSSR count). The van der Waals surface area contributed by atoms with Gasteiger partial charge in [0, 0.05) is 18.2 Å². The lowest BCUT2D eigenvalue weighted by Gasteiger charge is -2.07. The van der Waals surface area contributed by atoms with E-state index in [0.29, 0.717) is 29.0 Å². The molecular weight excluding hydrogens is 328 g/mol. The summed E-state index contributed by atoms with van der Waals surface area (Å²) in [6, 6.07) is 22.7. The van der Waals surface area contributed by atoms with Crippen LogP contribution in [0.4, 0.5) is 0 Å². The molecule has 0 amide bonds. The van der Waals surface area contributed by atoms with Gasteiger partial charge in [-0.3, -0.25) is 4.79 Å². The Morgan fingerprint density at radius 2 is 1.42 bits per heavy atom. The highest BCUT2D eigenvalue weighted by atomic mass is 16.5. The Morgan fingerprint density at radius 1 is 0.769 bits per heavy atom. The Kier molecular flexibility index (Phi) is 5.56. The van der Waals surface area contributed by atoms with Gasteiger partial charge >= 0.3 is 5.97 Å². The van der Waals surface area contributed by atoms with Crippen LogP contribution < -0.4 is 4.74 Å². The van der Waals surface area contributed by atoms with E-state index in [4.69, 9.17) is 9.47 Å². The molecule has 0 aliphatic heterocycles. The first-order chi connectivity index (χ1) is 12.7. The van der Waals surface area contributed by atoms with E-state index < -0.39 is 5.97 Å². The second-order valence-electron chi connectivity index (χ2n) is 5.74. The van der Waals surface area contributed by atoms with Crippen molar-refractivity contribution in [1.82, 2.24) is 0 Å². The molecular formula is C22H18O4. The third-order valence-corrected chi connectivity index (χ3v) is 3.84. The fourth-order valence-electron chi connectivity index (χ4n) is 2.55. The van der Waals surface area contributed by atoms with Gasteiger partial charge in [-0.15, -0.1) is 0 Å². The zero-order chi connectivity index (χ0) is 18.4. The van der Waals surface area contributed by atoms with E-state index in [2.05, 4.69) is 0 Å². The van der Waals surface area contributed by atoms with Crippen LogP contribution in [0, 0.1) is 0 Å². The average molecular weight is 346 g/mol. The molecule has 0 unspecified atom stereocenters. The number of ketones is 1. The second kappa shape index (κ2) is 8.23. The van der Waals surface area contributed by atoms with E-state index in [1.165, 1.54) is 0 Å². The van der Waals surface area contributed by atoms with Gasteiger partial charge in [0.2, 0.25) is 0 Å². The van der Waals surface area contributed by atoms with Crippen LogP contribution in [0.25, 0.3) is 0 Å². The van der Waals surface area contributed by atoms with Crippen LogP contribution in [0.15, 0.2) is 78.9 Å². The summed E-state index contributed by atoms with van der Waals surface area (Å²) in [7, 11) is 1.60. The molecule has 4 nitrogen and oxygen atoms in total. The van der Waals surface area contributed by atoms with Crippen LogP contribution in [0.3, 0.4) is 0 Å². The number of esters is 1. The molecule has 0 fully saturated rings. The molecule has 0 N–H and O–H groups in total. The first kappa shape index (κ1) is 17.6. The van der Waals surface area contributed by atoms with Crippen molar-refractivity contribution in [2.24, 2.45) is 0 Å². The van der Waals surface area contributed by atoms with Gasteiger partial charge in [0.05, 0.1) is 12.2 Å². The number of benzene rings is 3. The lowest BCUT2D eigenvalue weighted by Crippen LogP contribution is -2.09. The highest BCUT2D eigenvalue weighted by molar-refractivity contribution is 6.09. The zero-order valence-electron chi connectivity index (χ0n) is 14.3. The molecule has 0 radical (unpaired) electrons. The smallest absolute Gasteiger partial charge is 0.343 e. The largest absolute Gasteiger partial charge is 0.423 e. The van der Waals surface area contributed by atoms with Crippen LogP contribution in [0.5, 0.6) is 5.75 Å². The molecule has 0 bridgehead atoms. The molecule has 130 valence electrons. The van der Waals surface area contributed by atoms with E-state index in [9.17, 15) is 9.59 Å². The Labute approximate surface area is 152 Å². The lowest BCUT2D eigenvalue weighted by atomic mass is 10.0. The first-order valence-electron chi connectivity index (χ1n) is 8.17. The van der Waals surface area contributed by atoms with Gasteiger partial charge < -0.3 is 9.47 Å². The normalized spacial score (nSPS) is 10.3. The average Bonchev–Trinajstić information content (AvgIpc) is 2.69. The van der Waals surface area contributed by atoms with Gasteiger partial charge in [-0.2, -0.15) is 0 Å². The molecule has 0 aliphatic carbocycles. The summed E-state index contributed by atoms with van der Waals surface area (Å²) in [6.45, 7) is 0.428. The molecule has 3 aromatic carbocycles. The number of hydrogen-bond acceptors (Lipinski definition) is 4. The molecule has 0 heterocycles. The lowest BCUT2D eigenvalue weighted by molar-refractivity contribution is 0.0734. The summed E-state index contributed by atoms with van der Waals surface area (Å²) >= 11 is 0. The maximum Gasteiger partial charge on any atom is 0.343 e. The van der Waals surface area contributed by atoms with Crippen molar-refractivity contribution in [2.45, 2.75) is 6.61 Å². The van der Waals surface area contributed by atoms with Gasteiger partial charge in [-0.1, -0.05) is 42.5 Å². The molecule has 26 heavy (non-hydrogen) atoms. The van der Waals surface area contributed by atoms with Crippen molar-refractivity contribution in [3.05, 3.63) is 101 Å². The Balaban J connectivity index is 1.70. The van der Waals surface area contributed by atoms with Crippen molar-refractivity contribution < 1.29 is 19.1 Å². The maximum absolute atomic E-state index is 12.4. The topological polar surface area (TPSA) is 52.6 Å². The highest BCUT2D eigenvalue weighted by Gasteiger charge is 2.11. The molecule has 0 atom stereocenters. The van der Waals surface area contributed by atoms with Gasteiger partial charge in [0.25, 0.3) is 0 Å². The minimum absolute atomic E-state index is 0.0734. The minimum atomic E-state index is -0.454. The monoisotopic (exact) mass is 346 g/mol. The third-order valence-electron chi connectivity index (χ3n) is 3.84. The van der Waals surface area contributed by atoms with E-state index in [-0.39, 0.29) is 5.78 Å². The molecule has 0 aliphatic rings. The van der Waals surface area contributed by atoms with Gasteiger partial charge in [0.15, 0.2) is 5.78 Å². The third kappa shape index (κ3) is 4.23. The molecule has 3 aromatic rings. The van der Waals surface area contributed by atoms with Gasteiger partial charge in [-0.25, -0.2) is 4.79 Å². The molecule has 0 aromatic heterocycles. The van der Waals surface area contributed by atoms with Crippen molar-refractivity contribution in [2.75, 3.05) is 7.11 Å². The van der Waals surface area contributed by atoms with Gasteiger partial charge in [-0.05, 0) is 42.0 Å². The second-order valence-corrected chi connectivity index (χ2v) is 5.74. The summed E-state index contributed by atoms with van der Waals surface area (Å²) < 4.78 is 10.5. The van der Waals surface area contributed by atoms with E-state index in [1.807, 2.05) is 24.3 Å². The summed E-state index contributed by atoms with van der Waals surface area (Å²) in [5.41, 5.74) is 2.50. The summed E-state index contributed by atoms with van der Waals surface area (Å²) in [4.78, 5) is 24.7. The molecule has 4 heteroatoms. The number of ether oxygens (including phenoxy) is 2. The summed E-state index contributed by atoms with van der Waals surface area (Å²) in [6.07, 6.45) is 0. The number of carbonyl (C=O) groups excluding carboxylic acids is 2. The quantitative estimate of drug-likeness (QED) is 0.380. The molecule has 0 saturated carbocycles. The van der Waals surface area contributed by atoms with Crippen LogP contribution in [-0.4, -0.2) is 18.9 Å². The van der Waals surface area contributed by atoms with Crippen LogP contribution in [-0.2, 0) is 11.3 Å². The highest BCUT2D eigenvalue weighted by Crippen LogP contribution is 2.17. The minimum Gasteiger partial charge on any atom is -0.423 e. The van der Waals surface area contributed by atoms with E-state index in [1.54, 1.807) is 61.7 Å². The van der Waals surface area contributed by atoms with Crippen LogP contribution >= 0.6 is 0 Å². The van der Waals surface area contributed by atoms with Crippen molar-refractivity contribution >= 4 is 11.8 Å². The number of methoxy groups -OCH3 is 1. The fourth-order valence-corrected chi connectivity index (χ4v) is 2.55. The maximum atomic E-state index is 12.4. The van der Waals surface area contributed by atoms with Gasteiger partial charge in [0.1, 0.15) is 5.75 Å². The zero-order valence-corrected chi connectivity index (χ0v) is 14.3. The number of rotatable bonds is 6. The van der Waals surface area contributed by atoms with E-state index in [0.717, 1.165) is 5.56 Å². The molecule has 0 spiro atoms.